The van der Waals surface area contributed by atoms with Gasteiger partial charge in [0.05, 0.1) is 0 Å². The van der Waals surface area contributed by atoms with Crippen molar-refractivity contribution in [2.75, 3.05) is 0 Å². The lowest BCUT2D eigenvalue weighted by atomic mass is 10.4. The van der Waals surface area contributed by atoms with Crippen LogP contribution in [0.25, 0.3) is 5.82 Å². The van der Waals surface area contributed by atoms with Crippen LogP contribution in [-0.2, 0) is 0 Å². The van der Waals surface area contributed by atoms with Crippen LogP contribution in [0.1, 0.15) is 5.56 Å². The van der Waals surface area contributed by atoms with Gasteiger partial charge in [0, 0.05) is 18.0 Å². The third-order valence-corrected chi connectivity index (χ3v) is 2.09. The van der Waals surface area contributed by atoms with E-state index in [2.05, 4.69) is 10.1 Å². The molecule has 2 aromatic rings. The molecule has 0 atom stereocenters. The molecule has 0 bridgehead atoms. The third-order valence-electron chi connectivity index (χ3n) is 1.72. The number of hydrogen-bond donors (Lipinski definition) is 0. The fourth-order valence-electron chi connectivity index (χ4n) is 1.05. The molecule has 0 aliphatic carbocycles. The van der Waals surface area contributed by atoms with Crippen LogP contribution in [0.5, 0.6) is 0 Å². The number of nitrogens with zero attached hydrogens (tertiary/aromatic N) is 3. The van der Waals surface area contributed by atoms with Crippen molar-refractivity contribution in [2.45, 2.75) is 6.92 Å². The van der Waals surface area contributed by atoms with Crippen molar-refractivity contribution in [3.05, 3.63) is 41.3 Å². The second kappa shape index (κ2) is 3.18. The summed E-state index contributed by atoms with van der Waals surface area (Å²) in [5.41, 5.74) is 0.951. The average Bonchev–Trinajstić information content (AvgIpc) is 2.49. The summed E-state index contributed by atoms with van der Waals surface area (Å²) in [6, 6.07) is 5.65. The van der Waals surface area contributed by atoms with Crippen LogP contribution >= 0.6 is 11.6 Å². The first-order chi connectivity index (χ1) is 6.27. The van der Waals surface area contributed by atoms with Crippen LogP contribution in [0, 0.1) is 6.92 Å². The van der Waals surface area contributed by atoms with Crippen molar-refractivity contribution in [1.29, 1.82) is 0 Å². The van der Waals surface area contributed by atoms with E-state index < -0.39 is 0 Å². The second-order valence-electron chi connectivity index (χ2n) is 2.74. The zero-order valence-corrected chi connectivity index (χ0v) is 7.86. The molecular formula is C9H8ClN3. The van der Waals surface area contributed by atoms with E-state index in [1.165, 1.54) is 0 Å². The van der Waals surface area contributed by atoms with Crippen LogP contribution in [0.4, 0.5) is 0 Å². The molecule has 0 saturated carbocycles. The van der Waals surface area contributed by atoms with E-state index in [0.717, 1.165) is 11.4 Å². The monoisotopic (exact) mass is 193 g/mol. The van der Waals surface area contributed by atoms with Gasteiger partial charge in [0.25, 0.3) is 0 Å². The fraction of sp³-hybridized carbons (Fsp3) is 0.111. The van der Waals surface area contributed by atoms with Gasteiger partial charge in [0.2, 0.25) is 0 Å². The topological polar surface area (TPSA) is 30.7 Å². The van der Waals surface area contributed by atoms with Crippen LogP contribution in [0.2, 0.25) is 5.15 Å². The third kappa shape index (κ3) is 1.55. The lowest BCUT2D eigenvalue weighted by molar-refractivity contribution is 0.847. The highest BCUT2D eigenvalue weighted by atomic mass is 35.5. The Hall–Kier alpha value is -1.35. The van der Waals surface area contributed by atoms with Crippen molar-refractivity contribution in [3.8, 4) is 5.82 Å². The molecule has 0 aromatic carbocycles. The van der Waals surface area contributed by atoms with Crippen molar-refractivity contribution in [3.63, 3.8) is 0 Å². The van der Waals surface area contributed by atoms with E-state index in [1.807, 2.05) is 31.3 Å². The van der Waals surface area contributed by atoms with Gasteiger partial charge in [-0.05, 0) is 19.1 Å². The highest BCUT2D eigenvalue weighted by molar-refractivity contribution is 6.30. The molecule has 66 valence electrons. The van der Waals surface area contributed by atoms with Gasteiger partial charge in [-0.2, -0.15) is 5.10 Å². The Morgan fingerprint density at radius 1 is 1.38 bits per heavy atom. The Morgan fingerprint density at radius 3 is 2.77 bits per heavy atom. The number of halogens is 1. The lowest BCUT2D eigenvalue weighted by Gasteiger charge is -1.96. The van der Waals surface area contributed by atoms with E-state index in [4.69, 9.17) is 11.6 Å². The normalized spacial score (nSPS) is 10.3. The van der Waals surface area contributed by atoms with Crippen molar-refractivity contribution in [2.24, 2.45) is 0 Å². The molecule has 4 heteroatoms. The van der Waals surface area contributed by atoms with Gasteiger partial charge < -0.3 is 0 Å². The standard InChI is InChI=1S/C9H8ClN3/c1-7-6-13(12-9(7)10)8-4-2-3-5-11-8/h2-6H,1H3. The highest BCUT2D eigenvalue weighted by Crippen LogP contribution is 2.13. The zero-order valence-electron chi connectivity index (χ0n) is 7.11. The van der Waals surface area contributed by atoms with E-state index in [-0.39, 0.29) is 0 Å². The summed E-state index contributed by atoms with van der Waals surface area (Å²) in [5.74, 6) is 0.775. The maximum Gasteiger partial charge on any atom is 0.154 e. The summed E-state index contributed by atoms with van der Waals surface area (Å²) < 4.78 is 1.66. The van der Waals surface area contributed by atoms with Gasteiger partial charge in [-0.1, -0.05) is 17.7 Å². The van der Waals surface area contributed by atoms with Crippen LogP contribution in [0.15, 0.2) is 30.6 Å². The Labute approximate surface area is 81.0 Å². The lowest BCUT2D eigenvalue weighted by Crippen LogP contribution is -1.96. The second-order valence-corrected chi connectivity index (χ2v) is 3.09. The molecule has 0 radical (unpaired) electrons. The summed E-state index contributed by atoms with van der Waals surface area (Å²) in [7, 11) is 0. The first-order valence-corrected chi connectivity index (χ1v) is 4.28. The molecule has 3 nitrogen and oxygen atoms in total. The maximum atomic E-state index is 5.82. The minimum Gasteiger partial charge on any atom is -0.237 e. The van der Waals surface area contributed by atoms with Gasteiger partial charge in [-0.25, -0.2) is 9.67 Å². The van der Waals surface area contributed by atoms with E-state index in [1.54, 1.807) is 10.9 Å². The van der Waals surface area contributed by atoms with Crippen molar-refractivity contribution in [1.82, 2.24) is 14.8 Å². The SMILES string of the molecule is Cc1cn(-c2ccccn2)nc1Cl. The van der Waals surface area contributed by atoms with E-state index in [9.17, 15) is 0 Å². The highest BCUT2D eigenvalue weighted by Gasteiger charge is 2.03. The largest absolute Gasteiger partial charge is 0.237 e. The molecule has 2 aromatic heterocycles. The molecule has 0 amide bonds. The Morgan fingerprint density at radius 2 is 2.23 bits per heavy atom. The minimum atomic E-state index is 0.519. The van der Waals surface area contributed by atoms with Gasteiger partial charge in [0.1, 0.15) is 0 Å². The van der Waals surface area contributed by atoms with Crippen molar-refractivity contribution >= 4 is 11.6 Å². The molecule has 0 spiro atoms. The number of hydrogen-bond acceptors (Lipinski definition) is 2. The summed E-state index contributed by atoms with van der Waals surface area (Å²) in [6.45, 7) is 1.91. The molecule has 0 unspecified atom stereocenters. The Kier molecular flexibility index (Phi) is 2.02. The summed E-state index contributed by atoms with van der Waals surface area (Å²) in [5, 5.41) is 4.62. The first kappa shape index (κ1) is 8.26. The van der Waals surface area contributed by atoms with E-state index >= 15 is 0 Å². The smallest absolute Gasteiger partial charge is 0.154 e. The molecule has 2 heterocycles. The number of pyridine rings is 1. The molecular weight excluding hydrogens is 186 g/mol. The summed E-state index contributed by atoms with van der Waals surface area (Å²) in [6.07, 6.45) is 3.57. The van der Waals surface area contributed by atoms with Crippen LogP contribution in [-0.4, -0.2) is 14.8 Å². The predicted octanol–water partition coefficient (Wildman–Crippen LogP) is 2.23. The molecule has 0 aliphatic rings. The van der Waals surface area contributed by atoms with Gasteiger partial charge in [0.15, 0.2) is 11.0 Å². The van der Waals surface area contributed by atoms with Crippen molar-refractivity contribution < 1.29 is 0 Å². The fourth-order valence-corrected chi connectivity index (χ4v) is 1.18. The summed E-state index contributed by atoms with van der Waals surface area (Å²) >= 11 is 5.82. The van der Waals surface area contributed by atoms with Gasteiger partial charge in [-0.3, -0.25) is 0 Å². The van der Waals surface area contributed by atoms with Crippen LogP contribution in [0.3, 0.4) is 0 Å². The minimum absolute atomic E-state index is 0.519. The molecule has 13 heavy (non-hydrogen) atoms. The zero-order chi connectivity index (χ0) is 9.26. The predicted molar refractivity (Wildman–Crippen MR) is 51.1 cm³/mol. The number of aromatic nitrogens is 3. The van der Waals surface area contributed by atoms with Crippen LogP contribution < -0.4 is 0 Å². The molecule has 0 fully saturated rings. The Bertz CT molecular complexity index is 389. The molecule has 0 saturated heterocycles. The maximum absolute atomic E-state index is 5.82. The quantitative estimate of drug-likeness (QED) is 0.696. The first-order valence-electron chi connectivity index (χ1n) is 3.90. The molecule has 0 N–H and O–H groups in total. The Balaban J connectivity index is 2.48. The average molecular weight is 194 g/mol. The molecule has 0 aliphatic heterocycles. The number of aryl methyl sites for hydroxylation is 1. The van der Waals surface area contributed by atoms with Gasteiger partial charge >= 0.3 is 0 Å². The van der Waals surface area contributed by atoms with Gasteiger partial charge in [-0.15, -0.1) is 0 Å². The number of rotatable bonds is 1. The van der Waals surface area contributed by atoms with E-state index in [0.29, 0.717) is 5.15 Å². The summed E-state index contributed by atoms with van der Waals surface area (Å²) in [4.78, 5) is 4.15. The molecule has 2 rings (SSSR count).